The van der Waals surface area contributed by atoms with Gasteiger partial charge in [-0.2, -0.15) is 23.3 Å². The molecule has 1 amide bonds. The highest BCUT2D eigenvalue weighted by Gasteiger charge is 2.33. The van der Waals surface area contributed by atoms with Crippen molar-refractivity contribution < 1.29 is 23.1 Å². The van der Waals surface area contributed by atoms with E-state index in [0.717, 1.165) is 20.7 Å². The number of alkyl halides is 3. The van der Waals surface area contributed by atoms with Gasteiger partial charge in [0.25, 0.3) is 0 Å². The van der Waals surface area contributed by atoms with Gasteiger partial charge in [0.1, 0.15) is 22.7 Å². The van der Waals surface area contributed by atoms with Crippen LogP contribution in [0.5, 0.6) is 5.88 Å². The van der Waals surface area contributed by atoms with Gasteiger partial charge < -0.3 is 15.3 Å². The molecule has 0 radical (unpaired) electrons. The first-order valence-corrected chi connectivity index (χ1v) is 11.4. The number of carbonyl (C=O) groups excluding carboxylic acids is 1. The average molecular weight is 491 g/mol. The number of aryl methyl sites for hydroxylation is 1. The zero-order chi connectivity index (χ0) is 24.0. The number of nitrogens with zero attached hydrogens (tertiary/aromatic N) is 5. The van der Waals surface area contributed by atoms with Crippen LogP contribution in [0.3, 0.4) is 0 Å². The number of thiophene rings is 1. The highest BCUT2D eigenvalue weighted by molar-refractivity contribution is 7.19. The van der Waals surface area contributed by atoms with E-state index in [9.17, 15) is 23.1 Å². The van der Waals surface area contributed by atoms with Gasteiger partial charge in [-0.15, -0.1) is 11.3 Å². The second-order valence-electron chi connectivity index (χ2n) is 8.26. The van der Waals surface area contributed by atoms with Gasteiger partial charge >= 0.3 is 6.18 Å². The summed E-state index contributed by atoms with van der Waals surface area (Å²) < 4.78 is 37.6. The Morgan fingerprint density at radius 1 is 1.38 bits per heavy atom. The minimum absolute atomic E-state index is 0.208. The van der Waals surface area contributed by atoms with E-state index in [0.29, 0.717) is 41.8 Å². The molecule has 4 aromatic heterocycles. The summed E-state index contributed by atoms with van der Waals surface area (Å²) in [5.74, 6) is -0.351. The smallest absolute Gasteiger partial charge is 0.390 e. The van der Waals surface area contributed by atoms with Crippen LogP contribution in [0.1, 0.15) is 23.3 Å². The summed E-state index contributed by atoms with van der Waals surface area (Å²) in [4.78, 5) is 28.4. The van der Waals surface area contributed by atoms with Crippen molar-refractivity contribution in [3.63, 3.8) is 0 Å². The molecule has 5 rings (SSSR count). The molecule has 0 bridgehead atoms. The maximum absolute atomic E-state index is 12.8. The molecule has 3 N–H and O–H groups in total. The van der Waals surface area contributed by atoms with Crippen LogP contribution < -0.4 is 5.32 Å². The molecule has 0 saturated carbocycles. The van der Waals surface area contributed by atoms with Crippen molar-refractivity contribution in [2.24, 2.45) is 5.92 Å². The fourth-order valence-electron chi connectivity index (χ4n) is 4.22. The normalized spacial score (nSPS) is 16.1. The van der Waals surface area contributed by atoms with Crippen LogP contribution in [0.25, 0.3) is 21.3 Å². The van der Waals surface area contributed by atoms with E-state index in [-0.39, 0.29) is 24.2 Å². The van der Waals surface area contributed by atoms with E-state index < -0.39 is 12.6 Å². The molecule has 0 fully saturated rings. The van der Waals surface area contributed by atoms with Crippen LogP contribution in [0.2, 0.25) is 0 Å². The number of H-pyrrole nitrogens is 1. The van der Waals surface area contributed by atoms with Crippen molar-refractivity contribution in [2.75, 3.05) is 18.9 Å². The molecule has 1 aliphatic rings. The van der Waals surface area contributed by atoms with Crippen molar-refractivity contribution in [3.05, 3.63) is 29.0 Å². The van der Waals surface area contributed by atoms with E-state index in [2.05, 4.69) is 30.5 Å². The molecule has 178 valence electrons. The minimum Gasteiger partial charge on any atom is -0.492 e. The Labute approximate surface area is 195 Å². The third kappa shape index (κ3) is 4.22. The molecular formula is C21H20F3N7O2S. The summed E-state index contributed by atoms with van der Waals surface area (Å²) >= 11 is 1.45. The number of nitrogens with one attached hydrogen (secondary N) is 2. The molecule has 0 aromatic carbocycles. The fourth-order valence-corrected chi connectivity index (χ4v) is 5.49. The number of pyridine rings is 1. The van der Waals surface area contributed by atoms with Gasteiger partial charge in [-0.3, -0.25) is 9.89 Å². The predicted octanol–water partition coefficient (Wildman–Crippen LogP) is 3.93. The lowest BCUT2D eigenvalue weighted by atomic mass is 9.87. The number of aromatic hydroxyl groups is 1. The van der Waals surface area contributed by atoms with Gasteiger partial charge in [-0.05, 0) is 30.9 Å². The minimum atomic E-state index is -4.30. The molecular weight excluding hydrogens is 471 g/mol. The molecule has 4 aromatic rings. The first kappa shape index (κ1) is 22.3. The number of anilines is 2. The monoisotopic (exact) mass is 491 g/mol. The van der Waals surface area contributed by atoms with Crippen LogP contribution in [0.15, 0.2) is 18.6 Å². The molecule has 0 spiro atoms. The van der Waals surface area contributed by atoms with Gasteiger partial charge in [0, 0.05) is 29.8 Å². The number of halogens is 3. The van der Waals surface area contributed by atoms with E-state index in [1.807, 2.05) is 0 Å². The zero-order valence-electron chi connectivity index (χ0n) is 18.0. The number of aromatic nitrogens is 5. The summed E-state index contributed by atoms with van der Waals surface area (Å²) in [5.41, 5.74) is 1.84. The van der Waals surface area contributed by atoms with Crippen LogP contribution in [0, 0.1) is 5.92 Å². The highest BCUT2D eigenvalue weighted by atomic mass is 32.1. The number of hydrogen-bond acceptors (Lipinski definition) is 8. The highest BCUT2D eigenvalue weighted by Crippen LogP contribution is 2.41. The van der Waals surface area contributed by atoms with Crippen molar-refractivity contribution in [1.29, 1.82) is 0 Å². The Morgan fingerprint density at radius 2 is 2.21 bits per heavy atom. The van der Waals surface area contributed by atoms with Gasteiger partial charge in [0.2, 0.25) is 11.8 Å². The number of amides is 1. The van der Waals surface area contributed by atoms with Crippen LogP contribution in [0.4, 0.5) is 24.7 Å². The molecule has 0 unspecified atom stereocenters. The van der Waals surface area contributed by atoms with Crippen molar-refractivity contribution in [3.8, 4) is 5.88 Å². The second kappa shape index (κ2) is 8.38. The Bertz CT molecular complexity index is 1380. The number of aromatic amines is 1. The van der Waals surface area contributed by atoms with Gasteiger partial charge in [-0.1, -0.05) is 0 Å². The summed E-state index contributed by atoms with van der Waals surface area (Å²) in [6, 6.07) is 1.71. The first-order chi connectivity index (χ1) is 16.2. The summed E-state index contributed by atoms with van der Waals surface area (Å²) in [6.07, 6.45) is -0.763. The van der Waals surface area contributed by atoms with E-state index in [1.165, 1.54) is 29.6 Å². The van der Waals surface area contributed by atoms with Gasteiger partial charge in [0.15, 0.2) is 5.65 Å². The lowest BCUT2D eigenvalue weighted by Gasteiger charge is -2.27. The van der Waals surface area contributed by atoms with Gasteiger partial charge in [-0.25, -0.2) is 9.97 Å². The van der Waals surface area contributed by atoms with E-state index in [4.69, 9.17) is 0 Å². The van der Waals surface area contributed by atoms with Gasteiger partial charge in [0.05, 0.1) is 18.0 Å². The summed E-state index contributed by atoms with van der Waals surface area (Å²) in [7, 11) is 1.42. The largest absolute Gasteiger partial charge is 0.492 e. The van der Waals surface area contributed by atoms with Crippen LogP contribution in [-0.2, 0) is 17.6 Å². The first-order valence-electron chi connectivity index (χ1n) is 10.6. The topological polar surface area (TPSA) is 120 Å². The molecule has 9 nitrogen and oxygen atoms in total. The quantitative estimate of drug-likeness (QED) is 0.387. The number of fused-ring (bicyclic) bond motifs is 4. The molecule has 1 atom stereocenters. The second-order valence-corrected chi connectivity index (χ2v) is 9.35. The Morgan fingerprint density at radius 3 is 3.00 bits per heavy atom. The Kier molecular flexibility index (Phi) is 5.50. The van der Waals surface area contributed by atoms with Crippen LogP contribution >= 0.6 is 11.3 Å². The predicted molar refractivity (Wildman–Crippen MR) is 120 cm³/mol. The molecule has 1 aliphatic carbocycles. The lowest BCUT2D eigenvalue weighted by Crippen LogP contribution is -2.37. The molecule has 0 aliphatic heterocycles. The van der Waals surface area contributed by atoms with Crippen molar-refractivity contribution >= 4 is 50.0 Å². The summed E-state index contributed by atoms with van der Waals surface area (Å²) in [5, 5.41) is 21.6. The maximum Gasteiger partial charge on any atom is 0.390 e. The number of hydrogen-bond donors (Lipinski definition) is 3. The third-order valence-electron chi connectivity index (χ3n) is 5.96. The van der Waals surface area contributed by atoms with Crippen LogP contribution in [-0.4, -0.2) is 60.8 Å². The van der Waals surface area contributed by atoms with Crippen molar-refractivity contribution in [1.82, 2.24) is 30.0 Å². The zero-order valence-corrected chi connectivity index (χ0v) is 18.8. The fraction of sp³-hybridized carbons (Fsp3) is 0.381. The average Bonchev–Trinajstić information content (AvgIpc) is 3.40. The Balaban J connectivity index is 1.40. The SMILES string of the molecule is CN(CCC(F)(F)F)C(=O)[C@H]1CCc2c(sc3ncnc(Nc4cc5cn[nH]c5nc4O)c23)C1. The van der Waals surface area contributed by atoms with Crippen molar-refractivity contribution in [2.45, 2.75) is 31.9 Å². The summed E-state index contributed by atoms with van der Waals surface area (Å²) in [6.45, 7) is -0.351. The molecule has 13 heteroatoms. The molecule has 0 saturated heterocycles. The number of carbonyl (C=O) groups is 1. The Hall–Kier alpha value is -3.48. The standard InChI is InChI=1S/C21H20F3N7O2S/c1-31(5-4-21(22,23)24)20(33)10-2-3-12-14(7-10)34-19-15(12)17(25-9-26-19)28-13-6-11-8-27-30-16(11)29-18(13)32/h6,8-10H,2-5,7H2,1H3,(H,25,26,28)(H2,27,29,30,32)/t10-/m0/s1. The lowest BCUT2D eigenvalue weighted by molar-refractivity contribution is -0.146. The maximum atomic E-state index is 12.8. The molecule has 4 heterocycles. The third-order valence-corrected chi connectivity index (χ3v) is 7.12. The molecule has 34 heavy (non-hydrogen) atoms. The van der Waals surface area contributed by atoms with E-state index in [1.54, 1.807) is 12.3 Å². The van der Waals surface area contributed by atoms with E-state index >= 15 is 0 Å². The number of rotatable bonds is 5.